The van der Waals surface area contributed by atoms with Crippen LogP contribution in [-0.4, -0.2) is 47.4 Å². The van der Waals surface area contributed by atoms with E-state index in [0.29, 0.717) is 12.3 Å². The molecule has 2 atom stereocenters. The molecule has 29 heavy (non-hydrogen) atoms. The second-order valence-electron chi connectivity index (χ2n) is 7.32. The molecule has 2 heterocycles. The van der Waals surface area contributed by atoms with E-state index in [1.807, 2.05) is 25.3 Å². The number of rotatable bonds is 7. The Bertz CT molecular complexity index is 869. The lowest BCUT2D eigenvalue weighted by Gasteiger charge is -2.37. The number of halogens is 1. The van der Waals surface area contributed by atoms with Gasteiger partial charge in [-0.05, 0) is 48.9 Å². The Balaban J connectivity index is 1.78. The maximum Gasteiger partial charge on any atom is 0.242 e. The van der Waals surface area contributed by atoms with E-state index >= 15 is 0 Å². The minimum absolute atomic E-state index is 0.0000528. The molecular weight excluding hydrogens is 391 g/mol. The number of fused-ring (bicyclic) bond motifs is 1. The van der Waals surface area contributed by atoms with Crippen molar-refractivity contribution in [1.82, 2.24) is 9.80 Å². The van der Waals surface area contributed by atoms with E-state index in [1.54, 1.807) is 33.3 Å². The van der Waals surface area contributed by atoms with Gasteiger partial charge < -0.3 is 14.5 Å². The fourth-order valence-electron chi connectivity index (χ4n) is 3.64. The maximum atomic E-state index is 13.5. The summed E-state index contributed by atoms with van der Waals surface area (Å²) in [6.45, 7) is 6.32. The average Bonchev–Trinajstić information content (AvgIpc) is 3.18. The van der Waals surface area contributed by atoms with Crippen LogP contribution in [0.2, 0.25) is 0 Å². The summed E-state index contributed by atoms with van der Waals surface area (Å²) in [6.07, 6.45) is 1.58. The summed E-state index contributed by atoms with van der Waals surface area (Å²) >= 11 is 1.68. The minimum atomic E-state index is -0.360. The summed E-state index contributed by atoms with van der Waals surface area (Å²) < 4.78 is 19.3. The lowest BCUT2D eigenvalue weighted by molar-refractivity contribution is -0.143. The van der Waals surface area contributed by atoms with Gasteiger partial charge in [-0.15, -0.1) is 11.3 Å². The number of hydrogen-bond acceptors (Lipinski definition) is 4. The normalized spacial score (nSPS) is 16.8. The second kappa shape index (κ2) is 9.39. The van der Waals surface area contributed by atoms with E-state index in [4.69, 9.17) is 4.74 Å². The first-order valence-electron chi connectivity index (χ1n) is 9.92. The zero-order valence-corrected chi connectivity index (χ0v) is 17.9. The summed E-state index contributed by atoms with van der Waals surface area (Å²) in [5, 5.41) is 2.02. The van der Waals surface area contributed by atoms with Crippen LogP contribution in [0.5, 0.6) is 5.75 Å². The molecule has 1 aliphatic heterocycles. The zero-order valence-electron chi connectivity index (χ0n) is 17.1. The number of amides is 2. The smallest absolute Gasteiger partial charge is 0.242 e. The van der Waals surface area contributed by atoms with Crippen LogP contribution in [-0.2, 0) is 16.0 Å². The third-order valence-corrected chi connectivity index (χ3v) is 6.45. The summed E-state index contributed by atoms with van der Waals surface area (Å²) in [5.74, 6) is -0.121. The van der Waals surface area contributed by atoms with Crippen LogP contribution in [0.25, 0.3) is 0 Å². The second-order valence-corrected chi connectivity index (χ2v) is 8.33. The number of carbonyl (C=O) groups is 2. The van der Waals surface area contributed by atoms with Gasteiger partial charge in [-0.1, -0.05) is 13.0 Å². The van der Waals surface area contributed by atoms with Crippen molar-refractivity contribution in [2.75, 3.05) is 19.7 Å². The lowest BCUT2D eigenvalue weighted by atomic mass is 10.00. The van der Waals surface area contributed by atoms with Crippen molar-refractivity contribution in [3.63, 3.8) is 0 Å². The van der Waals surface area contributed by atoms with Crippen molar-refractivity contribution in [3.05, 3.63) is 52.0 Å². The van der Waals surface area contributed by atoms with Gasteiger partial charge in [0.15, 0.2) is 0 Å². The fraction of sp³-hybridized carbons (Fsp3) is 0.455. The molecule has 0 fully saturated rings. The quantitative estimate of drug-likeness (QED) is 0.682. The summed E-state index contributed by atoms with van der Waals surface area (Å²) in [5.41, 5.74) is 1.07. The Labute approximate surface area is 175 Å². The van der Waals surface area contributed by atoms with E-state index in [2.05, 4.69) is 0 Å². The molecule has 0 saturated heterocycles. The highest BCUT2D eigenvalue weighted by molar-refractivity contribution is 7.10. The molecule has 5 nitrogen and oxygen atoms in total. The Morgan fingerprint density at radius 1 is 1.38 bits per heavy atom. The van der Waals surface area contributed by atoms with E-state index in [9.17, 15) is 14.0 Å². The van der Waals surface area contributed by atoms with Gasteiger partial charge in [0.1, 0.15) is 18.2 Å². The third kappa shape index (κ3) is 4.96. The summed E-state index contributed by atoms with van der Waals surface area (Å²) in [6, 6.07) is 7.77. The van der Waals surface area contributed by atoms with Crippen LogP contribution in [0.3, 0.4) is 0 Å². The van der Waals surface area contributed by atoms with Gasteiger partial charge in [0, 0.05) is 30.5 Å². The first-order valence-corrected chi connectivity index (χ1v) is 10.8. The fourth-order valence-corrected chi connectivity index (χ4v) is 4.57. The molecule has 7 heteroatoms. The van der Waals surface area contributed by atoms with E-state index in [-0.39, 0.29) is 42.9 Å². The standard InChI is InChI=1S/C22H27FN2O3S/c1-4-15(2)25(16(3)26)13-22(27)24-10-8-21-19(9-11-29-21)20(24)14-28-18-7-5-6-17(23)12-18/h5-7,9,11-12,15,20H,4,8,10,13-14H2,1-3H3/t15-,20+/m0/s1. The first-order chi connectivity index (χ1) is 13.9. The molecule has 0 N–H and O–H groups in total. The molecule has 1 aromatic carbocycles. The van der Waals surface area contributed by atoms with Gasteiger partial charge in [0.25, 0.3) is 0 Å². The monoisotopic (exact) mass is 418 g/mol. The predicted octanol–water partition coefficient (Wildman–Crippen LogP) is 4.04. The van der Waals surface area contributed by atoms with Crippen LogP contribution in [0.1, 0.15) is 43.7 Å². The van der Waals surface area contributed by atoms with Crippen molar-refractivity contribution < 1.29 is 18.7 Å². The van der Waals surface area contributed by atoms with E-state index < -0.39 is 0 Å². The molecule has 1 aromatic heterocycles. The summed E-state index contributed by atoms with van der Waals surface area (Å²) in [4.78, 5) is 29.9. The van der Waals surface area contributed by atoms with Crippen molar-refractivity contribution in [3.8, 4) is 5.75 Å². The topological polar surface area (TPSA) is 49.9 Å². The molecule has 0 saturated carbocycles. The van der Waals surface area contributed by atoms with Crippen LogP contribution >= 0.6 is 11.3 Å². The van der Waals surface area contributed by atoms with Crippen LogP contribution < -0.4 is 4.74 Å². The number of carbonyl (C=O) groups excluding carboxylic acids is 2. The SMILES string of the molecule is CC[C@H](C)N(CC(=O)N1CCc2sccc2[C@H]1COc1cccc(F)c1)C(C)=O. The van der Waals surface area contributed by atoms with E-state index in [1.165, 1.54) is 23.9 Å². The van der Waals surface area contributed by atoms with Crippen molar-refractivity contribution in [1.29, 1.82) is 0 Å². The predicted molar refractivity (Wildman–Crippen MR) is 112 cm³/mol. The Hall–Kier alpha value is -2.41. The molecule has 2 aromatic rings. The molecule has 0 radical (unpaired) electrons. The summed E-state index contributed by atoms with van der Waals surface area (Å²) in [7, 11) is 0. The molecule has 0 bridgehead atoms. The highest BCUT2D eigenvalue weighted by Crippen LogP contribution is 2.34. The van der Waals surface area contributed by atoms with Gasteiger partial charge in [0.2, 0.25) is 11.8 Å². The number of thiophene rings is 1. The molecule has 1 aliphatic rings. The number of ether oxygens (including phenoxy) is 1. The Morgan fingerprint density at radius 2 is 2.17 bits per heavy atom. The number of nitrogens with zero attached hydrogens (tertiary/aromatic N) is 2. The van der Waals surface area contributed by atoms with Gasteiger partial charge in [-0.2, -0.15) is 0 Å². The van der Waals surface area contributed by atoms with Crippen LogP contribution in [0.4, 0.5) is 4.39 Å². The Morgan fingerprint density at radius 3 is 2.86 bits per heavy atom. The highest BCUT2D eigenvalue weighted by atomic mass is 32.1. The number of benzene rings is 1. The van der Waals surface area contributed by atoms with Crippen LogP contribution in [0.15, 0.2) is 35.7 Å². The molecule has 2 amide bonds. The van der Waals surface area contributed by atoms with Gasteiger partial charge in [-0.25, -0.2) is 4.39 Å². The van der Waals surface area contributed by atoms with E-state index in [0.717, 1.165) is 18.4 Å². The molecule has 0 aliphatic carbocycles. The zero-order chi connectivity index (χ0) is 21.0. The molecule has 3 rings (SSSR count). The van der Waals surface area contributed by atoms with Gasteiger partial charge in [-0.3, -0.25) is 9.59 Å². The third-order valence-electron chi connectivity index (χ3n) is 5.45. The average molecular weight is 419 g/mol. The lowest BCUT2D eigenvalue weighted by Crippen LogP contribution is -2.49. The van der Waals surface area contributed by atoms with Crippen molar-refractivity contribution in [2.45, 2.75) is 45.7 Å². The molecule has 156 valence electrons. The van der Waals surface area contributed by atoms with Crippen LogP contribution in [0, 0.1) is 5.82 Å². The maximum absolute atomic E-state index is 13.5. The van der Waals surface area contributed by atoms with Crippen molar-refractivity contribution in [2.24, 2.45) is 0 Å². The minimum Gasteiger partial charge on any atom is -0.491 e. The first kappa shape index (κ1) is 21.3. The molecular formula is C22H27FN2O3S. The van der Waals surface area contributed by atoms with Gasteiger partial charge >= 0.3 is 0 Å². The molecule has 0 unspecified atom stereocenters. The molecule has 0 spiro atoms. The largest absolute Gasteiger partial charge is 0.491 e. The highest BCUT2D eigenvalue weighted by Gasteiger charge is 2.33. The number of hydrogen-bond donors (Lipinski definition) is 0. The van der Waals surface area contributed by atoms with Crippen molar-refractivity contribution >= 4 is 23.2 Å². The van der Waals surface area contributed by atoms with Gasteiger partial charge in [0.05, 0.1) is 12.6 Å². The Kier molecular flexibility index (Phi) is 6.90.